The van der Waals surface area contributed by atoms with Gasteiger partial charge in [-0.05, 0) is 28.1 Å². The van der Waals surface area contributed by atoms with E-state index in [0.29, 0.717) is 23.5 Å². The molecule has 1 aromatic heterocycles. The maximum Gasteiger partial charge on any atom is 0.305 e. The van der Waals surface area contributed by atoms with Crippen molar-refractivity contribution in [3.63, 3.8) is 0 Å². The first-order valence-corrected chi connectivity index (χ1v) is 9.59. The van der Waals surface area contributed by atoms with Crippen LogP contribution < -0.4 is 4.90 Å². The Kier molecular flexibility index (Phi) is 4.97. The Bertz CT molecular complexity index is 882. The molecule has 0 saturated carbocycles. The van der Waals surface area contributed by atoms with Crippen molar-refractivity contribution in [2.24, 2.45) is 0 Å². The lowest BCUT2D eigenvalue weighted by atomic mass is 10.4. The summed E-state index contributed by atoms with van der Waals surface area (Å²) in [6.07, 6.45) is 2.29. The fourth-order valence-electron chi connectivity index (χ4n) is 2.49. The van der Waals surface area contributed by atoms with Crippen LogP contribution in [0.1, 0.15) is 0 Å². The lowest BCUT2D eigenvalue weighted by molar-refractivity contribution is -0.385. The molecule has 1 fully saturated rings. The molecule has 2 heterocycles. The van der Waals surface area contributed by atoms with E-state index in [-0.39, 0.29) is 23.7 Å². The predicted molar refractivity (Wildman–Crippen MR) is 93.8 cm³/mol. The number of benzene rings is 1. The van der Waals surface area contributed by atoms with Gasteiger partial charge in [0.15, 0.2) is 0 Å². The van der Waals surface area contributed by atoms with E-state index in [1.807, 2.05) is 0 Å². The molecule has 0 N–H and O–H groups in total. The maximum atomic E-state index is 12.7. The summed E-state index contributed by atoms with van der Waals surface area (Å²) in [7, 11) is -3.59. The molecule has 0 spiro atoms. The van der Waals surface area contributed by atoms with Crippen molar-refractivity contribution in [3.8, 4) is 0 Å². The average Bonchev–Trinajstić information content (AvgIpc) is 2.62. The van der Waals surface area contributed by atoms with E-state index in [4.69, 9.17) is 0 Å². The van der Waals surface area contributed by atoms with Crippen LogP contribution in [0.4, 0.5) is 11.6 Å². The van der Waals surface area contributed by atoms with Crippen LogP contribution in [0.5, 0.6) is 0 Å². The number of halogens is 1. The lowest BCUT2D eigenvalue weighted by Gasteiger charge is -2.34. The number of nitro groups is 1. The second kappa shape index (κ2) is 7.02. The van der Waals surface area contributed by atoms with E-state index >= 15 is 0 Å². The van der Waals surface area contributed by atoms with Crippen molar-refractivity contribution >= 4 is 37.6 Å². The van der Waals surface area contributed by atoms with Crippen LogP contribution in [-0.2, 0) is 10.0 Å². The molecule has 3 rings (SSSR count). The van der Waals surface area contributed by atoms with Crippen molar-refractivity contribution in [1.29, 1.82) is 0 Å². The van der Waals surface area contributed by atoms with Crippen LogP contribution in [0.3, 0.4) is 0 Å². The lowest BCUT2D eigenvalue weighted by Crippen LogP contribution is -2.49. The van der Waals surface area contributed by atoms with E-state index in [0.717, 1.165) is 12.4 Å². The molecule has 1 aromatic carbocycles. The van der Waals surface area contributed by atoms with Gasteiger partial charge in [-0.15, -0.1) is 0 Å². The Hall–Kier alpha value is -2.11. The largest absolute Gasteiger partial charge is 0.338 e. The van der Waals surface area contributed by atoms with Crippen LogP contribution in [0, 0.1) is 10.1 Å². The maximum absolute atomic E-state index is 12.7. The molecule has 9 nitrogen and oxygen atoms in total. The number of hydrogen-bond acceptors (Lipinski definition) is 7. The zero-order chi connectivity index (χ0) is 18.0. The minimum absolute atomic E-state index is 0.182. The van der Waals surface area contributed by atoms with Crippen molar-refractivity contribution in [3.05, 3.63) is 51.2 Å². The van der Waals surface area contributed by atoms with Crippen LogP contribution in [0.15, 0.2) is 46.0 Å². The first kappa shape index (κ1) is 17.7. The van der Waals surface area contributed by atoms with Crippen molar-refractivity contribution < 1.29 is 13.3 Å². The highest BCUT2D eigenvalue weighted by atomic mass is 79.9. The summed E-state index contributed by atoms with van der Waals surface area (Å²) in [4.78, 5) is 20.1. The van der Waals surface area contributed by atoms with E-state index < -0.39 is 14.9 Å². The Balaban J connectivity index is 1.71. The minimum Gasteiger partial charge on any atom is -0.338 e. The van der Waals surface area contributed by atoms with E-state index in [1.54, 1.807) is 29.2 Å². The van der Waals surface area contributed by atoms with Gasteiger partial charge in [0.1, 0.15) is 12.4 Å². The third-order valence-electron chi connectivity index (χ3n) is 3.81. The van der Waals surface area contributed by atoms with Crippen molar-refractivity contribution in [2.75, 3.05) is 31.1 Å². The fourth-order valence-corrected chi connectivity index (χ4v) is 4.88. The highest BCUT2D eigenvalue weighted by Gasteiger charge is 2.30. The van der Waals surface area contributed by atoms with Crippen molar-refractivity contribution in [1.82, 2.24) is 14.3 Å². The average molecular weight is 428 g/mol. The van der Waals surface area contributed by atoms with Gasteiger partial charge < -0.3 is 4.90 Å². The monoisotopic (exact) mass is 427 g/mol. The second-order valence-electron chi connectivity index (χ2n) is 5.32. The highest BCUT2D eigenvalue weighted by molar-refractivity contribution is 9.10. The Labute approximate surface area is 152 Å². The number of piperazine rings is 1. The van der Waals surface area contributed by atoms with Gasteiger partial charge in [-0.2, -0.15) is 4.31 Å². The van der Waals surface area contributed by atoms with E-state index in [2.05, 4.69) is 25.9 Å². The third kappa shape index (κ3) is 3.62. The summed E-state index contributed by atoms with van der Waals surface area (Å²) < 4.78 is 27.4. The molecule has 0 bridgehead atoms. The number of aromatic nitrogens is 2. The number of nitrogens with zero attached hydrogens (tertiary/aromatic N) is 5. The molecule has 1 aliphatic rings. The van der Waals surface area contributed by atoms with E-state index in [1.165, 1.54) is 4.31 Å². The van der Waals surface area contributed by atoms with Crippen LogP contribution in [0.25, 0.3) is 0 Å². The molecule has 0 atom stereocenters. The van der Waals surface area contributed by atoms with Gasteiger partial charge in [0.2, 0.25) is 16.0 Å². The number of hydrogen-bond donors (Lipinski definition) is 0. The molecule has 0 amide bonds. The third-order valence-corrected chi connectivity index (χ3v) is 6.72. The molecule has 0 radical (unpaired) electrons. The molecule has 11 heteroatoms. The predicted octanol–water partition coefficient (Wildman–Crippen LogP) is 1.66. The summed E-state index contributed by atoms with van der Waals surface area (Å²) in [6.45, 7) is 1.37. The first-order chi connectivity index (χ1) is 11.9. The fraction of sp³-hybridized carbons (Fsp3) is 0.286. The van der Waals surface area contributed by atoms with Gasteiger partial charge in [0, 0.05) is 30.7 Å². The van der Waals surface area contributed by atoms with Crippen LogP contribution in [-0.4, -0.2) is 53.8 Å². The molecule has 132 valence electrons. The molecule has 0 aliphatic carbocycles. The summed E-state index contributed by atoms with van der Waals surface area (Å²) >= 11 is 3.27. The number of sulfonamides is 1. The zero-order valence-corrected chi connectivity index (χ0v) is 15.4. The Morgan fingerprint density at radius 2 is 1.68 bits per heavy atom. The number of rotatable bonds is 4. The summed E-state index contributed by atoms with van der Waals surface area (Å²) in [5.74, 6) is 0.350. The van der Waals surface area contributed by atoms with Crippen LogP contribution >= 0.6 is 15.9 Å². The van der Waals surface area contributed by atoms with Gasteiger partial charge in [-0.3, -0.25) is 10.1 Å². The van der Waals surface area contributed by atoms with E-state index in [9.17, 15) is 18.5 Å². The molecule has 1 saturated heterocycles. The zero-order valence-electron chi connectivity index (χ0n) is 12.9. The summed E-state index contributed by atoms with van der Waals surface area (Å²) in [5.41, 5.74) is -0.182. The summed E-state index contributed by atoms with van der Waals surface area (Å²) in [6, 6.07) is 6.69. The van der Waals surface area contributed by atoms with Crippen LogP contribution in [0.2, 0.25) is 0 Å². The minimum atomic E-state index is -3.59. The Morgan fingerprint density at radius 3 is 2.24 bits per heavy atom. The molecular formula is C14H14BrN5O4S. The van der Waals surface area contributed by atoms with Gasteiger partial charge in [-0.25, -0.2) is 18.4 Å². The van der Waals surface area contributed by atoms with Gasteiger partial charge in [0.25, 0.3) is 0 Å². The van der Waals surface area contributed by atoms with Gasteiger partial charge in [-0.1, -0.05) is 12.1 Å². The van der Waals surface area contributed by atoms with Gasteiger partial charge >= 0.3 is 5.69 Å². The molecular weight excluding hydrogens is 414 g/mol. The van der Waals surface area contributed by atoms with Gasteiger partial charge in [0.05, 0.1) is 9.82 Å². The quantitative estimate of drug-likeness (QED) is 0.538. The smallest absolute Gasteiger partial charge is 0.305 e. The molecule has 0 unspecified atom stereocenters. The first-order valence-electron chi connectivity index (χ1n) is 7.35. The van der Waals surface area contributed by atoms with Crippen molar-refractivity contribution in [2.45, 2.75) is 4.90 Å². The normalized spacial score (nSPS) is 16.0. The Morgan fingerprint density at radius 1 is 1.08 bits per heavy atom. The molecule has 2 aromatic rings. The standard InChI is InChI=1S/C14H14BrN5O4S/c15-12-3-1-2-4-13(12)25(23,24)19-7-5-18(6-8-19)14-16-9-11(10-17-14)20(21)22/h1-4,9-10H,5-8H2. The molecule has 1 aliphatic heterocycles. The highest BCUT2D eigenvalue weighted by Crippen LogP contribution is 2.26. The summed E-state index contributed by atoms with van der Waals surface area (Å²) in [5, 5.41) is 10.6. The topological polar surface area (TPSA) is 110 Å². The SMILES string of the molecule is O=[N+]([O-])c1cnc(N2CCN(S(=O)(=O)c3ccccc3Br)CC2)nc1. The second-order valence-corrected chi connectivity index (χ2v) is 8.08. The molecule has 25 heavy (non-hydrogen) atoms. The number of anilines is 1.